The Labute approximate surface area is 161 Å². The SMILES string of the molecule is Cc1cccc(COc2cccc(C(=O)N3CC[C@@H]4CNC[C@@H]4CC3)c2)c1. The summed E-state index contributed by atoms with van der Waals surface area (Å²) in [5, 5.41) is 3.49. The smallest absolute Gasteiger partial charge is 0.253 e. The molecule has 0 saturated carbocycles. The van der Waals surface area contributed by atoms with Crippen molar-refractivity contribution < 1.29 is 9.53 Å². The number of likely N-dealkylation sites (tertiary alicyclic amines) is 1. The van der Waals surface area contributed by atoms with E-state index in [1.165, 1.54) is 5.56 Å². The van der Waals surface area contributed by atoms with Crippen LogP contribution in [0.25, 0.3) is 0 Å². The molecule has 142 valence electrons. The van der Waals surface area contributed by atoms with Gasteiger partial charge in [-0.15, -0.1) is 0 Å². The molecule has 2 atom stereocenters. The maximum atomic E-state index is 13.0. The van der Waals surface area contributed by atoms with Crippen LogP contribution in [0.15, 0.2) is 48.5 Å². The summed E-state index contributed by atoms with van der Waals surface area (Å²) in [5.41, 5.74) is 3.09. The Morgan fingerprint density at radius 1 is 1.07 bits per heavy atom. The minimum atomic E-state index is 0.129. The maximum absolute atomic E-state index is 13.0. The minimum Gasteiger partial charge on any atom is -0.489 e. The standard InChI is InChI=1S/C23H28N2O2/c1-17-4-2-5-18(12-17)16-27-22-7-3-6-19(13-22)23(26)25-10-8-20-14-24-15-21(20)9-11-25/h2-7,12-13,20-21,24H,8-11,14-16H2,1H3/t20-,21+. The normalized spacial score (nSPS) is 22.2. The van der Waals surface area contributed by atoms with Crippen molar-refractivity contribution in [2.45, 2.75) is 26.4 Å². The number of ether oxygens (including phenoxy) is 1. The van der Waals surface area contributed by atoms with Gasteiger partial charge in [-0.25, -0.2) is 0 Å². The summed E-state index contributed by atoms with van der Waals surface area (Å²) >= 11 is 0. The number of aryl methyl sites for hydroxylation is 1. The lowest BCUT2D eigenvalue weighted by molar-refractivity contribution is 0.0758. The van der Waals surface area contributed by atoms with Crippen molar-refractivity contribution >= 4 is 5.91 Å². The Bertz CT molecular complexity index is 790. The molecule has 4 rings (SSSR count). The third-order valence-electron chi connectivity index (χ3n) is 5.88. The Morgan fingerprint density at radius 3 is 2.56 bits per heavy atom. The fourth-order valence-corrected chi connectivity index (χ4v) is 4.29. The average molecular weight is 364 g/mol. The van der Waals surface area contributed by atoms with Crippen molar-refractivity contribution in [3.63, 3.8) is 0 Å². The second kappa shape index (κ2) is 8.13. The van der Waals surface area contributed by atoms with E-state index >= 15 is 0 Å². The van der Waals surface area contributed by atoms with Crippen molar-refractivity contribution in [3.05, 3.63) is 65.2 Å². The van der Waals surface area contributed by atoms with Crippen LogP contribution in [0.4, 0.5) is 0 Å². The van der Waals surface area contributed by atoms with E-state index in [-0.39, 0.29) is 5.91 Å². The third-order valence-corrected chi connectivity index (χ3v) is 5.88. The highest BCUT2D eigenvalue weighted by molar-refractivity contribution is 5.94. The van der Waals surface area contributed by atoms with Gasteiger partial charge in [-0.3, -0.25) is 4.79 Å². The van der Waals surface area contributed by atoms with Crippen LogP contribution in [-0.2, 0) is 6.61 Å². The lowest BCUT2D eigenvalue weighted by Crippen LogP contribution is -2.32. The second-order valence-electron chi connectivity index (χ2n) is 7.85. The first-order chi connectivity index (χ1) is 13.2. The van der Waals surface area contributed by atoms with E-state index in [4.69, 9.17) is 4.74 Å². The van der Waals surface area contributed by atoms with Crippen LogP contribution in [0.5, 0.6) is 5.75 Å². The van der Waals surface area contributed by atoms with E-state index < -0.39 is 0 Å². The Balaban J connectivity index is 1.40. The molecule has 2 aromatic carbocycles. The van der Waals surface area contributed by atoms with Gasteiger partial charge in [0.25, 0.3) is 5.91 Å². The number of hydrogen-bond donors (Lipinski definition) is 1. The van der Waals surface area contributed by atoms with Crippen LogP contribution in [0.1, 0.15) is 34.3 Å². The van der Waals surface area contributed by atoms with Crippen LogP contribution < -0.4 is 10.1 Å². The van der Waals surface area contributed by atoms with Gasteiger partial charge in [-0.1, -0.05) is 35.9 Å². The summed E-state index contributed by atoms with van der Waals surface area (Å²) in [6.45, 7) is 6.52. The largest absolute Gasteiger partial charge is 0.489 e. The molecule has 0 radical (unpaired) electrons. The number of benzene rings is 2. The second-order valence-corrected chi connectivity index (χ2v) is 7.85. The summed E-state index contributed by atoms with van der Waals surface area (Å²) < 4.78 is 5.93. The number of nitrogens with one attached hydrogen (secondary N) is 1. The minimum absolute atomic E-state index is 0.129. The number of fused-ring (bicyclic) bond motifs is 1. The quantitative estimate of drug-likeness (QED) is 0.900. The zero-order chi connectivity index (χ0) is 18.6. The fraction of sp³-hybridized carbons (Fsp3) is 0.435. The van der Waals surface area contributed by atoms with E-state index in [1.807, 2.05) is 35.2 Å². The first-order valence-electron chi connectivity index (χ1n) is 9.97. The maximum Gasteiger partial charge on any atom is 0.253 e. The van der Waals surface area contributed by atoms with Crippen LogP contribution in [0.3, 0.4) is 0 Å². The number of rotatable bonds is 4. The topological polar surface area (TPSA) is 41.6 Å². The molecule has 2 aliphatic heterocycles. The average Bonchev–Trinajstić information content (AvgIpc) is 3.04. The Kier molecular flexibility index (Phi) is 5.44. The van der Waals surface area contributed by atoms with Crippen LogP contribution in [0.2, 0.25) is 0 Å². The molecule has 2 heterocycles. The predicted octanol–water partition coefficient (Wildman–Crippen LogP) is 3.65. The van der Waals surface area contributed by atoms with Crippen molar-refractivity contribution in [2.24, 2.45) is 11.8 Å². The van der Waals surface area contributed by atoms with Gasteiger partial charge in [0, 0.05) is 18.7 Å². The lowest BCUT2D eigenvalue weighted by Gasteiger charge is -2.21. The molecule has 0 aromatic heterocycles. The first-order valence-corrected chi connectivity index (χ1v) is 9.97. The lowest BCUT2D eigenvalue weighted by atomic mass is 9.92. The highest BCUT2D eigenvalue weighted by Gasteiger charge is 2.31. The highest BCUT2D eigenvalue weighted by Crippen LogP contribution is 2.28. The van der Waals surface area contributed by atoms with E-state index in [1.54, 1.807) is 0 Å². The molecule has 1 N–H and O–H groups in total. The number of carbonyl (C=O) groups is 1. The van der Waals surface area contributed by atoms with Gasteiger partial charge < -0.3 is 15.0 Å². The Morgan fingerprint density at radius 2 is 1.81 bits per heavy atom. The van der Waals surface area contributed by atoms with Gasteiger partial charge in [-0.2, -0.15) is 0 Å². The number of hydrogen-bond acceptors (Lipinski definition) is 3. The molecule has 2 fully saturated rings. The summed E-state index contributed by atoms with van der Waals surface area (Å²) in [5.74, 6) is 2.33. The predicted molar refractivity (Wildman–Crippen MR) is 107 cm³/mol. The molecule has 4 heteroatoms. The van der Waals surface area contributed by atoms with Crippen molar-refractivity contribution in [1.82, 2.24) is 10.2 Å². The fourth-order valence-electron chi connectivity index (χ4n) is 4.29. The van der Waals surface area contributed by atoms with Crippen molar-refractivity contribution in [2.75, 3.05) is 26.2 Å². The van der Waals surface area contributed by atoms with Gasteiger partial charge >= 0.3 is 0 Å². The van der Waals surface area contributed by atoms with Crippen LogP contribution in [-0.4, -0.2) is 37.0 Å². The zero-order valence-corrected chi connectivity index (χ0v) is 16.0. The van der Waals surface area contributed by atoms with Gasteiger partial charge in [-0.05, 0) is 68.5 Å². The van der Waals surface area contributed by atoms with Gasteiger partial charge in [0.1, 0.15) is 12.4 Å². The molecule has 2 aromatic rings. The number of carbonyl (C=O) groups excluding carboxylic acids is 1. The molecule has 27 heavy (non-hydrogen) atoms. The van der Waals surface area contributed by atoms with Crippen molar-refractivity contribution in [3.8, 4) is 5.75 Å². The Hall–Kier alpha value is -2.33. The van der Waals surface area contributed by atoms with Crippen molar-refractivity contribution in [1.29, 1.82) is 0 Å². The molecule has 0 bridgehead atoms. The molecule has 2 aliphatic rings. The summed E-state index contributed by atoms with van der Waals surface area (Å²) in [4.78, 5) is 15.0. The monoisotopic (exact) mass is 364 g/mol. The van der Waals surface area contributed by atoms with Crippen LogP contribution >= 0.6 is 0 Å². The molecule has 0 spiro atoms. The van der Waals surface area contributed by atoms with E-state index in [0.29, 0.717) is 6.61 Å². The molecular formula is C23H28N2O2. The third kappa shape index (κ3) is 4.33. The highest BCUT2D eigenvalue weighted by atomic mass is 16.5. The first kappa shape index (κ1) is 18.1. The summed E-state index contributed by atoms with van der Waals surface area (Å²) in [6.07, 6.45) is 2.21. The molecule has 0 unspecified atom stereocenters. The molecule has 2 saturated heterocycles. The summed E-state index contributed by atoms with van der Waals surface area (Å²) in [6, 6.07) is 15.9. The number of amides is 1. The summed E-state index contributed by atoms with van der Waals surface area (Å²) in [7, 11) is 0. The van der Waals surface area contributed by atoms with E-state index in [0.717, 1.165) is 67.7 Å². The molecule has 4 nitrogen and oxygen atoms in total. The number of nitrogens with zero attached hydrogens (tertiary/aromatic N) is 1. The molecule has 1 amide bonds. The van der Waals surface area contributed by atoms with Gasteiger partial charge in [0.2, 0.25) is 0 Å². The van der Waals surface area contributed by atoms with Crippen LogP contribution in [0, 0.1) is 18.8 Å². The van der Waals surface area contributed by atoms with Gasteiger partial charge in [0.15, 0.2) is 0 Å². The van der Waals surface area contributed by atoms with E-state index in [2.05, 4.69) is 30.4 Å². The van der Waals surface area contributed by atoms with E-state index in [9.17, 15) is 4.79 Å². The zero-order valence-electron chi connectivity index (χ0n) is 16.0. The molecule has 0 aliphatic carbocycles. The van der Waals surface area contributed by atoms with Gasteiger partial charge in [0.05, 0.1) is 0 Å². The molecular weight excluding hydrogens is 336 g/mol.